The number of aromatic nitrogens is 2. The van der Waals surface area contributed by atoms with Gasteiger partial charge in [0.2, 0.25) is 0 Å². The van der Waals surface area contributed by atoms with Gasteiger partial charge in [-0.15, -0.1) is 0 Å². The Morgan fingerprint density at radius 1 is 1.33 bits per heavy atom. The Morgan fingerprint density at radius 2 is 2.17 bits per heavy atom. The highest BCUT2D eigenvalue weighted by atomic mass is 35.5. The van der Waals surface area contributed by atoms with E-state index in [2.05, 4.69) is 5.10 Å². The molecule has 1 aliphatic carbocycles. The maximum atomic E-state index is 11.8. The van der Waals surface area contributed by atoms with Crippen LogP contribution in [0.25, 0.3) is 5.69 Å². The predicted octanol–water partition coefficient (Wildman–Crippen LogP) is 3.35. The molecule has 4 heteroatoms. The zero-order valence-corrected chi connectivity index (χ0v) is 10.9. The normalized spacial score (nSPS) is 14.7. The number of halogens is 1. The topological polar surface area (TPSA) is 34.9 Å². The SMILES string of the molecule is Cc1ccc(Cl)cc1-n1ncc2c1CCCC2=O. The second-order valence-corrected chi connectivity index (χ2v) is 5.06. The highest BCUT2D eigenvalue weighted by Gasteiger charge is 2.22. The standard InChI is InChI=1S/C14H13ClN2O/c1-9-5-6-10(15)7-13(9)17-12-3-2-4-14(18)11(12)8-16-17/h5-8H,2-4H2,1H3. The molecule has 0 radical (unpaired) electrons. The van der Waals surface area contributed by atoms with Crippen LogP contribution in [0.1, 0.15) is 34.5 Å². The van der Waals surface area contributed by atoms with Crippen LogP contribution in [0.5, 0.6) is 0 Å². The molecule has 0 amide bonds. The van der Waals surface area contributed by atoms with Gasteiger partial charge < -0.3 is 0 Å². The Labute approximate surface area is 110 Å². The van der Waals surface area contributed by atoms with Crippen molar-refractivity contribution in [2.75, 3.05) is 0 Å². The van der Waals surface area contributed by atoms with Crippen molar-refractivity contribution >= 4 is 17.4 Å². The molecule has 0 atom stereocenters. The molecule has 0 aliphatic heterocycles. The smallest absolute Gasteiger partial charge is 0.166 e. The van der Waals surface area contributed by atoms with E-state index in [1.165, 1.54) is 0 Å². The van der Waals surface area contributed by atoms with Crippen LogP contribution in [-0.4, -0.2) is 15.6 Å². The number of carbonyl (C=O) groups is 1. The molecule has 0 unspecified atom stereocenters. The van der Waals surface area contributed by atoms with Crippen molar-refractivity contribution in [3.05, 3.63) is 46.2 Å². The molecule has 0 fully saturated rings. The van der Waals surface area contributed by atoms with Crippen molar-refractivity contribution in [2.24, 2.45) is 0 Å². The lowest BCUT2D eigenvalue weighted by molar-refractivity contribution is 0.0972. The minimum Gasteiger partial charge on any atom is -0.294 e. The van der Waals surface area contributed by atoms with Gasteiger partial charge in [0.1, 0.15) is 0 Å². The average molecular weight is 261 g/mol. The Hall–Kier alpha value is -1.61. The molecule has 92 valence electrons. The summed E-state index contributed by atoms with van der Waals surface area (Å²) in [6, 6.07) is 5.72. The molecule has 1 aromatic heterocycles. The molecule has 0 saturated heterocycles. The lowest BCUT2D eigenvalue weighted by Crippen LogP contribution is -2.13. The molecule has 3 rings (SSSR count). The summed E-state index contributed by atoms with van der Waals surface area (Å²) in [4.78, 5) is 11.8. The van der Waals surface area contributed by atoms with Crippen LogP contribution in [0.3, 0.4) is 0 Å². The number of nitrogens with zero attached hydrogens (tertiary/aromatic N) is 2. The zero-order chi connectivity index (χ0) is 12.7. The summed E-state index contributed by atoms with van der Waals surface area (Å²) >= 11 is 6.04. The Morgan fingerprint density at radius 3 is 3.00 bits per heavy atom. The van der Waals surface area contributed by atoms with Crippen LogP contribution in [0.2, 0.25) is 5.02 Å². The molecule has 0 N–H and O–H groups in total. The number of benzene rings is 1. The fourth-order valence-electron chi connectivity index (χ4n) is 2.42. The van der Waals surface area contributed by atoms with E-state index < -0.39 is 0 Å². The first-order valence-electron chi connectivity index (χ1n) is 6.03. The van der Waals surface area contributed by atoms with E-state index in [1.54, 1.807) is 6.20 Å². The van der Waals surface area contributed by atoms with E-state index >= 15 is 0 Å². The van der Waals surface area contributed by atoms with Crippen LogP contribution in [0.4, 0.5) is 0 Å². The van der Waals surface area contributed by atoms with Gasteiger partial charge in [-0.05, 0) is 37.5 Å². The molecule has 1 heterocycles. The third-order valence-corrected chi connectivity index (χ3v) is 3.62. The number of aryl methyl sites for hydroxylation is 1. The molecular formula is C14H13ClN2O. The number of hydrogen-bond acceptors (Lipinski definition) is 2. The van der Waals surface area contributed by atoms with Crippen LogP contribution >= 0.6 is 11.6 Å². The first kappa shape index (κ1) is 11.5. The van der Waals surface area contributed by atoms with E-state index in [-0.39, 0.29) is 5.78 Å². The fraction of sp³-hybridized carbons (Fsp3) is 0.286. The van der Waals surface area contributed by atoms with Gasteiger partial charge in [-0.2, -0.15) is 5.10 Å². The lowest BCUT2D eigenvalue weighted by Gasteiger charge is -2.14. The molecule has 0 saturated carbocycles. The van der Waals surface area contributed by atoms with Crippen molar-refractivity contribution in [3.8, 4) is 5.69 Å². The number of rotatable bonds is 1. The summed E-state index contributed by atoms with van der Waals surface area (Å²) in [5, 5.41) is 5.04. The van der Waals surface area contributed by atoms with Crippen LogP contribution in [-0.2, 0) is 6.42 Å². The molecule has 1 aromatic carbocycles. The highest BCUT2D eigenvalue weighted by Crippen LogP contribution is 2.26. The van der Waals surface area contributed by atoms with Crippen molar-refractivity contribution < 1.29 is 4.79 Å². The Kier molecular flexibility index (Phi) is 2.71. The molecule has 0 spiro atoms. The Balaban J connectivity index is 2.18. The van der Waals surface area contributed by atoms with Crippen molar-refractivity contribution in [3.63, 3.8) is 0 Å². The van der Waals surface area contributed by atoms with Gasteiger partial charge in [0.15, 0.2) is 5.78 Å². The molecule has 18 heavy (non-hydrogen) atoms. The van der Waals surface area contributed by atoms with Gasteiger partial charge in [0, 0.05) is 11.4 Å². The van der Waals surface area contributed by atoms with E-state index in [0.717, 1.165) is 35.3 Å². The lowest BCUT2D eigenvalue weighted by atomic mass is 9.97. The van der Waals surface area contributed by atoms with Crippen molar-refractivity contribution in [1.82, 2.24) is 9.78 Å². The maximum absolute atomic E-state index is 11.8. The van der Waals surface area contributed by atoms with E-state index in [4.69, 9.17) is 11.6 Å². The Bertz CT molecular complexity index is 631. The summed E-state index contributed by atoms with van der Waals surface area (Å²) in [5.41, 5.74) is 3.83. The summed E-state index contributed by atoms with van der Waals surface area (Å²) in [7, 11) is 0. The minimum absolute atomic E-state index is 0.196. The average Bonchev–Trinajstić information content (AvgIpc) is 2.77. The van der Waals surface area contributed by atoms with Gasteiger partial charge in [0.05, 0.1) is 23.1 Å². The molecule has 3 nitrogen and oxygen atoms in total. The quantitative estimate of drug-likeness (QED) is 0.788. The second-order valence-electron chi connectivity index (χ2n) is 4.62. The zero-order valence-electron chi connectivity index (χ0n) is 10.1. The van der Waals surface area contributed by atoms with Crippen molar-refractivity contribution in [2.45, 2.75) is 26.2 Å². The van der Waals surface area contributed by atoms with Crippen LogP contribution in [0.15, 0.2) is 24.4 Å². The fourth-order valence-corrected chi connectivity index (χ4v) is 2.58. The summed E-state index contributed by atoms with van der Waals surface area (Å²) in [6.45, 7) is 2.02. The van der Waals surface area contributed by atoms with Gasteiger partial charge in [-0.25, -0.2) is 4.68 Å². The number of Topliss-reactive ketones (excluding diaryl/α,β-unsaturated/α-hetero) is 1. The van der Waals surface area contributed by atoms with E-state index in [9.17, 15) is 4.79 Å². The minimum atomic E-state index is 0.196. The highest BCUT2D eigenvalue weighted by molar-refractivity contribution is 6.30. The first-order chi connectivity index (χ1) is 8.66. The number of hydrogen-bond donors (Lipinski definition) is 0. The third-order valence-electron chi connectivity index (χ3n) is 3.39. The van der Waals surface area contributed by atoms with Crippen LogP contribution < -0.4 is 0 Å². The molecule has 2 aromatic rings. The first-order valence-corrected chi connectivity index (χ1v) is 6.41. The maximum Gasteiger partial charge on any atom is 0.166 e. The number of fused-ring (bicyclic) bond motifs is 1. The van der Waals surface area contributed by atoms with E-state index in [0.29, 0.717) is 11.4 Å². The number of carbonyl (C=O) groups excluding carboxylic acids is 1. The van der Waals surface area contributed by atoms with Gasteiger partial charge in [0.25, 0.3) is 0 Å². The molecule has 1 aliphatic rings. The van der Waals surface area contributed by atoms with Gasteiger partial charge in [-0.3, -0.25) is 4.79 Å². The van der Waals surface area contributed by atoms with Gasteiger partial charge >= 0.3 is 0 Å². The molecule has 0 bridgehead atoms. The largest absolute Gasteiger partial charge is 0.294 e. The summed E-state index contributed by atoms with van der Waals surface area (Å²) in [6.07, 6.45) is 4.11. The summed E-state index contributed by atoms with van der Waals surface area (Å²) in [5.74, 6) is 0.196. The second kappa shape index (κ2) is 4.25. The molecular weight excluding hydrogens is 248 g/mol. The van der Waals surface area contributed by atoms with Crippen LogP contribution in [0, 0.1) is 6.92 Å². The van der Waals surface area contributed by atoms with Crippen molar-refractivity contribution in [1.29, 1.82) is 0 Å². The van der Waals surface area contributed by atoms with E-state index in [1.807, 2.05) is 29.8 Å². The van der Waals surface area contributed by atoms with Gasteiger partial charge in [-0.1, -0.05) is 17.7 Å². The monoisotopic (exact) mass is 260 g/mol. The summed E-state index contributed by atoms with van der Waals surface area (Å²) < 4.78 is 1.85. The third kappa shape index (κ3) is 1.75. The number of ketones is 1. The predicted molar refractivity (Wildman–Crippen MR) is 70.6 cm³/mol.